The van der Waals surface area contributed by atoms with Gasteiger partial charge in [-0.25, -0.2) is 0 Å². The molecule has 1 aromatic heterocycles. The number of halogens is 3. The van der Waals surface area contributed by atoms with Gasteiger partial charge in [-0.05, 0) is 52.2 Å². The molecule has 2 aromatic rings. The molecule has 0 aliphatic rings. The van der Waals surface area contributed by atoms with Gasteiger partial charge in [-0.1, -0.05) is 44.0 Å². The number of rotatable bonds is 3. The highest BCUT2D eigenvalue weighted by atomic mass is 79.9. The van der Waals surface area contributed by atoms with Gasteiger partial charge >= 0.3 is 0 Å². The Kier molecular flexibility index (Phi) is 4.65. The average molecular weight is 425 g/mol. The molecule has 84 valence electrons. The lowest BCUT2D eigenvalue weighted by Crippen LogP contribution is -1.92. The third-order valence-corrected chi connectivity index (χ3v) is 5.62. The smallest absolute Gasteiger partial charge is 0.0701 e. The summed E-state index contributed by atoms with van der Waals surface area (Å²) in [4.78, 5) is 1.75. The van der Waals surface area contributed by atoms with E-state index in [-0.39, 0.29) is 0 Å². The number of thiophene rings is 1. The molecule has 0 saturated heterocycles. The first-order valence-corrected chi connectivity index (χ1v) is 8.11. The SMILES string of the molecule is Brc1ccc(CC(Br)c2ccc(Br)s2)cc1. The van der Waals surface area contributed by atoms with Gasteiger partial charge in [0.05, 0.1) is 8.61 Å². The molecule has 0 aliphatic heterocycles. The van der Waals surface area contributed by atoms with E-state index >= 15 is 0 Å². The van der Waals surface area contributed by atoms with Crippen LogP contribution in [0, 0.1) is 0 Å². The Morgan fingerprint density at radius 2 is 1.69 bits per heavy atom. The quantitative estimate of drug-likeness (QED) is 0.534. The van der Waals surface area contributed by atoms with Crippen molar-refractivity contribution in [2.24, 2.45) is 0 Å². The van der Waals surface area contributed by atoms with Crippen LogP contribution < -0.4 is 0 Å². The van der Waals surface area contributed by atoms with Crippen LogP contribution in [0.5, 0.6) is 0 Å². The zero-order valence-electron chi connectivity index (χ0n) is 8.29. The van der Waals surface area contributed by atoms with Crippen LogP contribution in [0.4, 0.5) is 0 Å². The van der Waals surface area contributed by atoms with Crippen molar-refractivity contribution < 1.29 is 0 Å². The van der Waals surface area contributed by atoms with Gasteiger partial charge in [0.1, 0.15) is 0 Å². The molecule has 0 nitrogen and oxygen atoms in total. The molecule has 0 radical (unpaired) electrons. The van der Waals surface area contributed by atoms with Gasteiger partial charge in [-0.2, -0.15) is 0 Å². The van der Waals surface area contributed by atoms with Gasteiger partial charge in [0.15, 0.2) is 0 Å². The van der Waals surface area contributed by atoms with Crippen LogP contribution in [0.15, 0.2) is 44.7 Å². The molecular weight excluding hydrogens is 416 g/mol. The molecule has 1 atom stereocenters. The molecule has 0 amide bonds. The summed E-state index contributed by atoms with van der Waals surface area (Å²) in [6.45, 7) is 0. The van der Waals surface area contributed by atoms with E-state index in [1.165, 1.54) is 14.2 Å². The minimum Gasteiger partial charge on any atom is -0.132 e. The molecule has 16 heavy (non-hydrogen) atoms. The van der Waals surface area contributed by atoms with Gasteiger partial charge < -0.3 is 0 Å². The van der Waals surface area contributed by atoms with Gasteiger partial charge in [-0.3, -0.25) is 0 Å². The summed E-state index contributed by atoms with van der Waals surface area (Å²) in [7, 11) is 0. The van der Waals surface area contributed by atoms with Crippen molar-refractivity contribution in [3.05, 3.63) is 55.1 Å². The van der Waals surface area contributed by atoms with E-state index in [0.29, 0.717) is 4.83 Å². The van der Waals surface area contributed by atoms with Crippen LogP contribution in [0.1, 0.15) is 15.3 Å². The fourth-order valence-electron chi connectivity index (χ4n) is 1.42. The first-order chi connectivity index (χ1) is 7.65. The van der Waals surface area contributed by atoms with Crippen LogP contribution in [0.3, 0.4) is 0 Å². The second-order valence-electron chi connectivity index (χ2n) is 3.44. The van der Waals surface area contributed by atoms with Crippen molar-refractivity contribution >= 4 is 59.1 Å². The molecule has 0 bridgehead atoms. The zero-order chi connectivity index (χ0) is 11.5. The van der Waals surface area contributed by atoms with Crippen LogP contribution in [-0.4, -0.2) is 0 Å². The van der Waals surface area contributed by atoms with Gasteiger partial charge in [0, 0.05) is 9.35 Å². The Hall–Kier alpha value is 0.360. The van der Waals surface area contributed by atoms with Crippen molar-refractivity contribution in [3.8, 4) is 0 Å². The summed E-state index contributed by atoms with van der Waals surface area (Å²) in [5.74, 6) is 0. The van der Waals surface area contributed by atoms with Gasteiger partial charge in [0.2, 0.25) is 0 Å². The van der Waals surface area contributed by atoms with Crippen LogP contribution in [0.25, 0.3) is 0 Å². The van der Waals surface area contributed by atoms with E-state index in [9.17, 15) is 0 Å². The van der Waals surface area contributed by atoms with E-state index in [1.54, 1.807) is 11.3 Å². The van der Waals surface area contributed by atoms with E-state index in [2.05, 4.69) is 84.2 Å². The predicted molar refractivity (Wildman–Crippen MR) is 81.5 cm³/mol. The number of hydrogen-bond donors (Lipinski definition) is 0. The molecule has 0 fully saturated rings. The highest BCUT2D eigenvalue weighted by Crippen LogP contribution is 2.34. The number of hydrogen-bond acceptors (Lipinski definition) is 1. The minimum absolute atomic E-state index is 0.393. The third kappa shape index (κ3) is 3.42. The Balaban J connectivity index is 2.07. The normalized spacial score (nSPS) is 12.7. The number of alkyl halides is 1. The summed E-state index contributed by atoms with van der Waals surface area (Å²) in [5, 5.41) is 0. The van der Waals surface area contributed by atoms with E-state index in [1.807, 2.05) is 0 Å². The largest absolute Gasteiger partial charge is 0.132 e. The van der Waals surface area contributed by atoms with Crippen molar-refractivity contribution in [2.45, 2.75) is 11.2 Å². The molecule has 1 aromatic carbocycles. The van der Waals surface area contributed by atoms with Crippen LogP contribution >= 0.6 is 59.1 Å². The van der Waals surface area contributed by atoms with Crippen molar-refractivity contribution in [2.75, 3.05) is 0 Å². The van der Waals surface area contributed by atoms with Crippen LogP contribution in [0.2, 0.25) is 0 Å². The molecule has 4 heteroatoms. The Labute approximate surface area is 124 Å². The maximum Gasteiger partial charge on any atom is 0.0701 e. The molecular formula is C12H9Br3S. The zero-order valence-corrected chi connectivity index (χ0v) is 13.9. The Morgan fingerprint density at radius 3 is 2.25 bits per heavy atom. The fraction of sp³-hybridized carbons (Fsp3) is 0.167. The van der Waals surface area contributed by atoms with Crippen LogP contribution in [-0.2, 0) is 6.42 Å². The maximum atomic E-state index is 3.73. The lowest BCUT2D eigenvalue weighted by molar-refractivity contribution is 0.969. The standard InChI is InChI=1S/C12H9Br3S/c13-9-3-1-8(2-4-9)7-10(14)11-5-6-12(15)16-11/h1-6,10H,7H2. The predicted octanol–water partition coefficient (Wildman–Crippen LogP) is 5.95. The van der Waals surface area contributed by atoms with Crippen molar-refractivity contribution in [3.63, 3.8) is 0 Å². The molecule has 1 unspecified atom stereocenters. The molecule has 0 N–H and O–H groups in total. The Morgan fingerprint density at radius 1 is 1.00 bits per heavy atom. The highest BCUT2D eigenvalue weighted by Gasteiger charge is 2.10. The number of benzene rings is 1. The molecule has 0 aliphatic carbocycles. The molecule has 2 rings (SSSR count). The molecule has 0 spiro atoms. The van der Waals surface area contributed by atoms with E-state index < -0.39 is 0 Å². The third-order valence-electron chi connectivity index (χ3n) is 2.23. The van der Waals surface area contributed by atoms with Crippen molar-refractivity contribution in [1.29, 1.82) is 0 Å². The second kappa shape index (κ2) is 5.80. The first-order valence-electron chi connectivity index (χ1n) is 4.79. The summed E-state index contributed by atoms with van der Waals surface area (Å²) in [5.41, 5.74) is 1.34. The van der Waals surface area contributed by atoms with Gasteiger partial charge in [-0.15, -0.1) is 11.3 Å². The molecule has 1 heterocycles. The van der Waals surface area contributed by atoms with E-state index in [4.69, 9.17) is 0 Å². The summed E-state index contributed by atoms with van der Waals surface area (Å²) >= 11 is 12.4. The lowest BCUT2D eigenvalue weighted by Gasteiger charge is -2.07. The average Bonchev–Trinajstić information content (AvgIpc) is 2.68. The van der Waals surface area contributed by atoms with Crippen molar-refractivity contribution in [1.82, 2.24) is 0 Å². The lowest BCUT2D eigenvalue weighted by atomic mass is 10.1. The topological polar surface area (TPSA) is 0 Å². The summed E-state index contributed by atoms with van der Waals surface area (Å²) in [6.07, 6.45) is 1.01. The van der Waals surface area contributed by atoms with Gasteiger partial charge in [0.25, 0.3) is 0 Å². The summed E-state index contributed by atoms with van der Waals surface area (Å²) < 4.78 is 2.31. The second-order valence-corrected chi connectivity index (χ2v) is 7.96. The minimum atomic E-state index is 0.393. The van der Waals surface area contributed by atoms with E-state index in [0.717, 1.165) is 10.9 Å². The summed E-state index contributed by atoms with van der Waals surface area (Å²) in [6, 6.07) is 12.7. The highest BCUT2D eigenvalue weighted by molar-refractivity contribution is 9.11. The molecule has 0 saturated carbocycles. The first kappa shape index (κ1) is 12.8. The maximum absolute atomic E-state index is 3.73. The fourth-order valence-corrected chi connectivity index (χ4v) is 3.90. The monoisotopic (exact) mass is 422 g/mol. The Bertz CT molecular complexity index is 461.